The van der Waals surface area contributed by atoms with Crippen molar-refractivity contribution in [2.45, 2.75) is 155 Å². The Morgan fingerprint density at radius 1 is 0.405 bits per heavy atom. The van der Waals surface area contributed by atoms with E-state index < -0.39 is 20.8 Å². The molecule has 2 aliphatic rings. The molecule has 0 bridgehead atoms. The van der Waals surface area contributed by atoms with Gasteiger partial charge < -0.3 is 0 Å². The molecule has 37 heavy (non-hydrogen) atoms. The van der Waals surface area contributed by atoms with Crippen molar-refractivity contribution in [1.29, 1.82) is 0 Å². The molecule has 0 aliphatic heterocycles. The third-order valence-electron chi connectivity index (χ3n) is 6.54. The van der Waals surface area contributed by atoms with Crippen LogP contribution in [0, 0.1) is 63.2 Å². The summed E-state index contributed by atoms with van der Waals surface area (Å²) in [5.41, 5.74) is 0. The summed E-state index contributed by atoms with van der Waals surface area (Å²) in [6.45, 7) is 4.55. The summed E-state index contributed by atoms with van der Waals surface area (Å²) in [5.74, 6) is 2.31. The van der Waals surface area contributed by atoms with E-state index in [9.17, 15) is 0 Å². The molecule has 0 aromatic carbocycles. The Morgan fingerprint density at radius 2 is 0.622 bits per heavy atom. The molecule has 2 aliphatic carbocycles. The molecule has 0 saturated heterocycles. The standard InChI is InChI=1S/2C17H25.2ClH.Zr/c2*1-2-3-4-5-6-7-8-9-10-11-14-17-15-12-13-16-17;;;/h2*2-11,14H2,1H3;2*1H;/q;;;;+2/p-2. The number of hydrogen-bond donors (Lipinski definition) is 0. The van der Waals surface area contributed by atoms with Gasteiger partial charge in [-0.05, 0) is 76.0 Å². The van der Waals surface area contributed by atoms with Crippen molar-refractivity contribution in [1.82, 2.24) is 0 Å². The summed E-state index contributed by atoms with van der Waals surface area (Å²) in [7, 11) is 9.87. The van der Waals surface area contributed by atoms with Gasteiger partial charge in [-0.25, -0.2) is 0 Å². The topological polar surface area (TPSA) is 0 Å². The minimum atomic E-state index is -0.826. The molecule has 0 unspecified atom stereocenters. The Hall–Kier alpha value is 1.46. The second-order valence-electron chi connectivity index (χ2n) is 9.89. The summed E-state index contributed by atoms with van der Waals surface area (Å²) in [5, 5.41) is 0. The van der Waals surface area contributed by atoms with Crippen LogP contribution in [0.1, 0.15) is 155 Å². The van der Waals surface area contributed by atoms with E-state index in [2.05, 4.69) is 65.2 Å². The molecule has 0 amide bonds. The van der Waals surface area contributed by atoms with Gasteiger partial charge in [0.05, 0.1) is 0 Å². The molecule has 0 N–H and O–H groups in total. The van der Waals surface area contributed by atoms with E-state index >= 15 is 0 Å². The van der Waals surface area contributed by atoms with Gasteiger partial charge in [0.2, 0.25) is 0 Å². The van der Waals surface area contributed by atoms with E-state index in [1.54, 1.807) is 0 Å². The molecule has 18 radical (unpaired) electrons. The van der Waals surface area contributed by atoms with E-state index in [0.717, 1.165) is 24.7 Å². The van der Waals surface area contributed by atoms with Crippen molar-refractivity contribution in [2.75, 3.05) is 0 Å². The van der Waals surface area contributed by atoms with Crippen LogP contribution in [-0.4, -0.2) is 0 Å². The maximum atomic E-state index is 4.93. The van der Waals surface area contributed by atoms with Gasteiger partial charge in [0.25, 0.3) is 0 Å². The molecule has 2 saturated carbocycles. The zero-order chi connectivity index (χ0) is 27.1. The van der Waals surface area contributed by atoms with Crippen LogP contribution in [0.15, 0.2) is 0 Å². The first kappa shape index (κ1) is 38.5. The SMILES string of the molecule is CCCCCCCCCCCC[C]1[C][C][C][C]1.CCCCCCCCCCCC[C]1[C][C][C][C]1.[Cl][Zr][Cl]. The molecule has 204 valence electrons. The van der Waals surface area contributed by atoms with Crippen molar-refractivity contribution >= 4 is 17.0 Å². The molecule has 0 aromatic heterocycles. The summed E-state index contributed by atoms with van der Waals surface area (Å²) in [6, 6.07) is 0. The molecule has 3 heteroatoms. The van der Waals surface area contributed by atoms with Gasteiger partial charge >= 0.3 is 37.9 Å². The van der Waals surface area contributed by atoms with Gasteiger partial charge in [0.1, 0.15) is 0 Å². The Kier molecular flexibility index (Phi) is 35.0. The molecule has 0 spiro atoms. The van der Waals surface area contributed by atoms with Gasteiger partial charge in [-0.3, -0.25) is 0 Å². The summed E-state index contributed by atoms with van der Waals surface area (Å²) in [4.78, 5) is 0. The van der Waals surface area contributed by atoms with Gasteiger partial charge in [0, 0.05) is 0 Å². The van der Waals surface area contributed by atoms with Crippen LogP contribution in [0.5, 0.6) is 0 Å². The first-order valence-corrected chi connectivity index (χ1v) is 21.3. The van der Waals surface area contributed by atoms with Gasteiger partial charge in [-0.2, -0.15) is 0 Å². The first-order chi connectivity index (χ1) is 18.3. The predicted octanol–water partition coefficient (Wildman–Crippen LogP) is 11.8. The van der Waals surface area contributed by atoms with E-state index in [1.165, 1.54) is 128 Å². The van der Waals surface area contributed by atoms with Crippen LogP contribution in [0.4, 0.5) is 0 Å². The molecular formula is C34H50Cl2Zr. The zero-order valence-electron chi connectivity index (χ0n) is 23.8. The van der Waals surface area contributed by atoms with Crippen molar-refractivity contribution < 1.29 is 20.8 Å². The Balaban J connectivity index is 0.000000633. The summed E-state index contributed by atoms with van der Waals surface area (Å²) >= 11 is -0.826. The van der Waals surface area contributed by atoms with Crippen molar-refractivity contribution in [3.63, 3.8) is 0 Å². The van der Waals surface area contributed by atoms with E-state index in [1.807, 2.05) is 0 Å². The van der Waals surface area contributed by atoms with Crippen LogP contribution >= 0.6 is 17.0 Å². The monoisotopic (exact) mass is 618 g/mol. The number of halogens is 2. The second kappa shape index (κ2) is 33.7. The molecule has 0 heterocycles. The van der Waals surface area contributed by atoms with Crippen molar-refractivity contribution in [3.05, 3.63) is 63.2 Å². The fraction of sp³-hybridized carbons (Fsp3) is 0.706. The zero-order valence-corrected chi connectivity index (χ0v) is 27.8. The molecule has 0 aromatic rings. The van der Waals surface area contributed by atoms with Crippen LogP contribution in [-0.2, 0) is 20.8 Å². The summed E-state index contributed by atoms with van der Waals surface area (Å²) < 4.78 is 0. The second-order valence-corrected chi connectivity index (χ2v) is 13.6. The number of hydrogen-bond acceptors (Lipinski definition) is 0. The van der Waals surface area contributed by atoms with Gasteiger partial charge in [-0.15, -0.1) is 0 Å². The molecule has 0 nitrogen and oxygen atoms in total. The third-order valence-corrected chi connectivity index (χ3v) is 6.54. The maximum absolute atomic E-state index is 4.93. The molecular weight excluding hydrogens is 571 g/mol. The van der Waals surface area contributed by atoms with Crippen LogP contribution in [0.2, 0.25) is 0 Å². The fourth-order valence-corrected chi connectivity index (χ4v) is 4.32. The Morgan fingerprint density at radius 3 is 0.865 bits per heavy atom. The first-order valence-electron chi connectivity index (χ1n) is 15.0. The Labute approximate surface area is 254 Å². The van der Waals surface area contributed by atoms with Crippen molar-refractivity contribution in [2.24, 2.45) is 0 Å². The molecule has 2 fully saturated rings. The van der Waals surface area contributed by atoms with E-state index in [0.29, 0.717) is 0 Å². The fourth-order valence-electron chi connectivity index (χ4n) is 4.32. The number of unbranched alkanes of at least 4 members (excludes halogenated alkanes) is 18. The molecule has 2 rings (SSSR count). The molecule has 0 atom stereocenters. The van der Waals surface area contributed by atoms with Crippen LogP contribution < -0.4 is 0 Å². The van der Waals surface area contributed by atoms with Crippen LogP contribution in [0.3, 0.4) is 0 Å². The van der Waals surface area contributed by atoms with Crippen LogP contribution in [0.25, 0.3) is 0 Å². The van der Waals surface area contributed by atoms with E-state index in [-0.39, 0.29) is 0 Å². The van der Waals surface area contributed by atoms with Crippen molar-refractivity contribution in [3.8, 4) is 0 Å². The third kappa shape index (κ3) is 30.3. The number of rotatable bonds is 22. The Bertz CT molecular complexity index is 355. The average molecular weight is 621 g/mol. The van der Waals surface area contributed by atoms with E-state index in [4.69, 9.17) is 17.0 Å². The van der Waals surface area contributed by atoms with Gasteiger partial charge in [0.15, 0.2) is 0 Å². The van der Waals surface area contributed by atoms with Gasteiger partial charge in [-0.1, -0.05) is 142 Å². The predicted molar refractivity (Wildman–Crippen MR) is 157 cm³/mol. The average Bonchev–Trinajstić information content (AvgIpc) is 3.62. The normalized spacial score (nSPS) is 15.8. The minimum absolute atomic E-state index is 0.826. The quantitative estimate of drug-likeness (QED) is 0.106. The summed E-state index contributed by atoms with van der Waals surface area (Å²) in [6.07, 6.45) is 53.5.